The van der Waals surface area contributed by atoms with Gasteiger partial charge in [0.1, 0.15) is 5.82 Å². The molecule has 7 heteroatoms. The van der Waals surface area contributed by atoms with E-state index in [2.05, 4.69) is 4.98 Å². The number of alkyl halides is 3. The summed E-state index contributed by atoms with van der Waals surface area (Å²) < 4.78 is 50.8. The van der Waals surface area contributed by atoms with E-state index in [-0.39, 0.29) is 22.1 Å². The zero-order valence-corrected chi connectivity index (χ0v) is 17.2. The molecule has 0 aliphatic rings. The summed E-state index contributed by atoms with van der Waals surface area (Å²) in [6.45, 7) is 1.70. The average Bonchev–Trinajstić information content (AvgIpc) is 2.72. The molecule has 4 rings (SSSR count). The van der Waals surface area contributed by atoms with Crippen LogP contribution in [0.3, 0.4) is 0 Å². The molecule has 0 saturated heterocycles. The highest BCUT2D eigenvalue weighted by molar-refractivity contribution is 8.00. The maximum absolute atomic E-state index is 13.5. The van der Waals surface area contributed by atoms with Crippen molar-refractivity contribution in [1.29, 1.82) is 0 Å². The van der Waals surface area contributed by atoms with Crippen LogP contribution in [0.4, 0.5) is 17.6 Å². The number of nitrogens with one attached hydrogen (secondary N) is 1. The van der Waals surface area contributed by atoms with E-state index in [1.54, 1.807) is 25.1 Å². The van der Waals surface area contributed by atoms with Gasteiger partial charge in [-0.05, 0) is 72.1 Å². The number of hydrogen-bond acceptors (Lipinski definition) is 2. The van der Waals surface area contributed by atoms with Crippen LogP contribution in [-0.2, 0) is 6.42 Å². The second-order valence-electron chi connectivity index (χ2n) is 7.21. The van der Waals surface area contributed by atoms with E-state index in [0.29, 0.717) is 28.6 Å². The number of halogens is 4. The van der Waals surface area contributed by atoms with Crippen LogP contribution in [0, 0.1) is 12.7 Å². The Labute approximate surface area is 179 Å². The zero-order chi connectivity index (χ0) is 22.2. The Kier molecular flexibility index (Phi) is 5.62. The smallest absolute Gasteiger partial charge is 0.354 e. The lowest BCUT2D eigenvalue weighted by Crippen LogP contribution is -2.09. The topological polar surface area (TPSA) is 32.9 Å². The largest absolute Gasteiger partial charge is 0.446 e. The molecule has 0 atom stereocenters. The quantitative estimate of drug-likeness (QED) is 0.277. The van der Waals surface area contributed by atoms with E-state index < -0.39 is 11.3 Å². The fraction of sp³-hybridized carbons (Fsp3) is 0.125. The van der Waals surface area contributed by atoms with Crippen molar-refractivity contribution in [2.75, 3.05) is 0 Å². The molecule has 1 aromatic heterocycles. The van der Waals surface area contributed by atoms with Crippen LogP contribution in [0.5, 0.6) is 0 Å². The van der Waals surface area contributed by atoms with Gasteiger partial charge < -0.3 is 4.98 Å². The summed E-state index contributed by atoms with van der Waals surface area (Å²) >= 11 is -0.131. The number of aromatic nitrogens is 1. The third kappa shape index (κ3) is 4.82. The lowest BCUT2D eigenvalue weighted by atomic mass is 10.00. The van der Waals surface area contributed by atoms with Crippen molar-refractivity contribution >= 4 is 22.7 Å². The van der Waals surface area contributed by atoms with Crippen LogP contribution < -0.4 is 5.43 Å². The summed E-state index contributed by atoms with van der Waals surface area (Å²) in [6.07, 6.45) is 0.573. The number of fused-ring (bicyclic) bond motifs is 1. The summed E-state index contributed by atoms with van der Waals surface area (Å²) in [6, 6.07) is 18.0. The standard InChI is InChI=1S/C24H17F4NOS/c1-14-22(29-21-11-8-18(25)13-20(21)23(14)30)17-6-2-15(3-7-17)12-16-4-9-19(10-5-16)31-24(26,27)28/h2-11,13H,12H2,1H3,(H,29,30). The fourth-order valence-electron chi connectivity index (χ4n) is 3.48. The van der Waals surface area contributed by atoms with E-state index in [1.165, 1.54) is 24.3 Å². The van der Waals surface area contributed by atoms with Crippen molar-refractivity contribution in [3.8, 4) is 11.3 Å². The van der Waals surface area contributed by atoms with Crippen molar-refractivity contribution in [3.63, 3.8) is 0 Å². The minimum atomic E-state index is -4.30. The van der Waals surface area contributed by atoms with Crippen molar-refractivity contribution in [2.24, 2.45) is 0 Å². The second-order valence-corrected chi connectivity index (χ2v) is 8.35. The van der Waals surface area contributed by atoms with Gasteiger partial charge >= 0.3 is 5.51 Å². The zero-order valence-electron chi connectivity index (χ0n) is 16.4. The van der Waals surface area contributed by atoms with E-state index >= 15 is 0 Å². The fourth-order valence-corrected chi connectivity index (χ4v) is 4.02. The molecule has 1 N–H and O–H groups in total. The lowest BCUT2D eigenvalue weighted by molar-refractivity contribution is -0.0328. The number of hydrogen-bond donors (Lipinski definition) is 1. The van der Waals surface area contributed by atoms with Crippen LogP contribution in [0.2, 0.25) is 0 Å². The average molecular weight is 443 g/mol. The van der Waals surface area contributed by atoms with Crippen LogP contribution >= 0.6 is 11.8 Å². The summed E-state index contributed by atoms with van der Waals surface area (Å²) in [7, 11) is 0. The molecule has 0 spiro atoms. The maximum Gasteiger partial charge on any atom is 0.446 e. The van der Waals surface area contributed by atoms with E-state index in [1.807, 2.05) is 24.3 Å². The van der Waals surface area contributed by atoms with Crippen molar-refractivity contribution in [2.45, 2.75) is 23.7 Å². The van der Waals surface area contributed by atoms with Gasteiger partial charge in [-0.3, -0.25) is 4.79 Å². The molecular formula is C24H17F4NOS. The van der Waals surface area contributed by atoms with Gasteiger partial charge in [0.2, 0.25) is 0 Å². The minimum absolute atomic E-state index is 0.131. The Hall–Kier alpha value is -3.06. The Morgan fingerprint density at radius 2 is 1.52 bits per heavy atom. The van der Waals surface area contributed by atoms with Gasteiger partial charge in [0.05, 0.1) is 5.69 Å². The number of H-pyrrole nitrogens is 1. The van der Waals surface area contributed by atoms with Crippen LogP contribution in [0.15, 0.2) is 76.4 Å². The summed E-state index contributed by atoms with van der Waals surface area (Å²) in [5.41, 5.74) is -0.0707. The Balaban J connectivity index is 1.57. The third-order valence-electron chi connectivity index (χ3n) is 5.01. The summed E-state index contributed by atoms with van der Waals surface area (Å²) in [4.78, 5) is 16.0. The monoisotopic (exact) mass is 443 g/mol. The highest BCUT2D eigenvalue weighted by Crippen LogP contribution is 2.36. The van der Waals surface area contributed by atoms with E-state index in [9.17, 15) is 22.4 Å². The second kappa shape index (κ2) is 8.23. The van der Waals surface area contributed by atoms with Gasteiger partial charge in [-0.25, -0.2) is 4.39 Å². The minimum Gasteiger partial charge on any atom is -0.354 e. The summed E-state index contributed by atoms with van der Waals surface area (Å²) in [5, 5.41) is 0.310. The van der Waals surface area contributed by atoms with Gasteiger partial charge in [-0.15, -0.1) is 0 Å². The van der Waals surface area contributed by atoms with Gasteiger partial charge in [0, 0.05) is 21.4 Å². The first-order valence-corrected chi connectivity index (χ1v) is 10.3. The van der Waals surface area contributed by atoms with Gasteiger partial charge in [-0.1, -0.05) is 36.4 Å². The molecule has 0 radical (unpaired) electrons. The predicted octanol–water partition coefficient (Wildman–Crippen LogP) is 6.85. The molecule has 0 fully saturated rings. The van der Waals surface area contributed by atoms with E-state index in [0.717, 1.165) is 16.7 Å². The molecule has 0 unspecified atom stereocenters. The third-order valence-corrected chi connectivity index (χ3v) is 5.75. The van der Waals surface area contributed by atoms with Crippen LogP contribution in [0.1, 0.15) is 16.7 Å². The molecule has 1 heterocycles. The van der Waals surface area contributed by atoms with E-state index in [4.69, 9.17) is 0 Å². The van der Waals surface area contributed by atoms with Crippen LogP contribution in [0.25, 0.3) is 22.2 Å². The molecule has 31 heavy (non-hydrogen) atoms. The highest BCUT2D eigenvalue weighted by atomic mass is 32.2. The Bertz CT molecular complexity index is 1290. The highest BCUT2D eigenvalue weighted by Gasteiger charge is 2.28. The Morgan fingerprint density at radius 3 is 2.13 bits per heavy atom. The number of thioether (sulfide) groups is 1. The van der Waals surface area contributed by atoms with Crippen molar-refractivity contribution in [1.82, 2.24) is 4.98 Å². The molecule has 0 aliphatic carbocycles. The maximum atomic E-state index is 13.5. The normalized spacial score (nSPS) is 11.8. The molecule has 158 valence electrons. The molecule has 2 nitrogen and oxygen atoms in total. The number of benzene rings is 3. The Morgan fingerprint density at radius 1 is 0.903 bits per heavy atom. The first kappa shape index (κ1) is 21.2. The molecular weight excluding hydrogens is 426 g/mol. The first-order valence-electron chi connectivity index (χ1n) is 9.46. The first-order chi connectivity index (χ1) is 14.7. The molecule has 0 saturated carbocycles. The summed E-state index contributed by atoms with van der Waals surface area (Å²) in [5.74, 6) is -0.459. The molecule has 0 aliphatic heterocycles. The SMILES string of the molecule is Cc1c(-c2ccc(Cc3ccc(SC(F)(F)F)cc3)cc2)[nH]c2ccc(F)cc2c1=O. The lowest BCUT2D eigenvalue weighted by Gasteiger charge is -2.10. The molecule has 0 amide bonds. The van der Waals surface area contributed by atoms with Crippen molar-refractivity contribution < 1.29 is 17.6 Å². The number of aromatic amines is 1. The number of pyridine rings is 1. The molecule has 0 bridgehead atoms. The van der Waals surface area contributed by atoms with Gasteiger partial charge in [0.25, 0.3) is 0 Å². The molecule has 4 aromatic rings. The predicted molar refractivity (Wildman–Crippen MR) is 116 cm³/mol. The van der Waals surface area contributed by atoms with Crippen molar-refractivity contribution in [3.05, 3.63) is 99.5 Å². The van der Waals surface area contributed by atoms with Gasteiger partial charge in [-0.2, -0.15) is 13.2 Å². The van der Waals surface area contributed by atoms with Gasteiger partial charge in [0.15, 0.2) is 5.43 Å². The van der Waals surface area contributed by atoms with Crippen LogP contribution in [-0.4, -0.2) is 10.5 Å². The molecule has 3 aromatic carbocycles. The number of rotatable bonds is 4.